The van der Waals surface area contributed by atoms with Gasteiger partial charge < -0.3 is 8.83 Å². The van der Waals surface area contributed by atoms with Crippen molar-refractivity contribution in [1.29, 1.82) is 0 Å². The van der Waals surface area contributed by atoms with Crippen molar-refractivity contribution >= 4 is 0 Å². The summed E-state index contributed by atoms with van der Waals surface area (Å²) in [7, 11) is 0. The van der Waals surface area contributed by atoms with Gasteiger partial charge in [-0.25, -0.2) is 0 Å². The maximum atomic E-state index is 6.98. The van der Waals surface area contributed by atoms with Crippen LogP contribution < -0.4 is 0 Å². The van der Waals surface area contributed by atoms with Crippen molar-refractivity contribution in [3.8, 4) is 56.4 Å². The van der Waals surface area contributed by atoms with E-state index >= 15 is 0 Å². The smallest absolute Gasteiger partial charge is 0.170 e. The molecular weight excluding hydrogens is 585 g/mol. The van der Waals surface area contributed by atoms with Crippen molar-refractivity contribution in [2.24, 2.45) is 0 Å². The van der Waals surface area contributed by atoms with Crippen LogP contribution >= 0.6 is 0 Å². The van der Waals surface area contributed by atoms with Crippen molar-refractivity contribution in [2.45, 2.75) is 10.8 Å². The second kappa shape index (κ2) is 8.42. The maximum absolute atomic E-state index is 6.98. The molecule has 0 unspecified atom stereocenters. The van der Waals surface area contributed by atoms with Crippen LogP contribution in [0.3, 0.4) is 0 Å². The highest BCUT2D eigenvalue weighted by Crippen LogP contribution is 2.66. The first-order chi connectivity index (χ1) is 23.8. The van der Waals surface area contributed by atoms with E-state index in [1.54, 1.807) is 0 Å². The molecule has 4 aliphatic rings. The SMILES string of the molecule is c1ccc2c(c1)-c1ccccc1C21c2ccccc2-c2oc(-c3cc4c(o3)-c3ccccc3C43c4ccccc4-c4ccccc43)cc21. The van der Waals surface area contributed by atoms with Crippen LogP contribution in [-0.2, 0) is 10.8 Å². The Morgan fingerprint density at radius 1 is 0.271 bits per heavy atom. The molecule has 0 fully saturated rings. The van der Waals surface area contributed by atoms with Gasteiger partial charge in [-0.2, -0.15) is 0 Å². The molecule has 0 atom stereocenters. The topological polar surface area (TPSA) is 26.3 Å². The first-order valence-electron chi connectivity index (χ1n) is 16.7. The Morgan fingerprint density at radius 2 is 0.521 bits per heavy atom. The molecular formula is C46H26O2. The molecule has 0 N–H and O–H groups in total. The van der Waals surface area contributed by atoms with Gasteiger partial charge in [0.15, 0.2) is 11.5 Å². The van der Waals surface area contributed by atoms with E-state index in [4.69, 9.17) is 8.83 Å². The lowest BCUT2D eigenvalue weighted by Crippen LogP contribution is -2.25. The summed E-state index contributed by atoms with van der Waals surface area (Å²) in [6.45, 7) is 0. The summed E-state index contributed by atoms with van der Waals surface area (Å²) in [6.07, 6.45) is 0. The summed E-state index contributed by atoms with van der Waals surface area (Å²) in [5, 5.41) is 0. The van der Waals surface area contributed by atoms with Crippen LogP contribution in [0.2, 0.25) is 0 Å². The lowest BCUT2D eigenvalue weighted by molar-refractivity contribution is 0.538. The standard InChI is InChI=1S/C46H26O2/c1-7-19-33-27(13-1)28-14-2-8-20-34(28)45(33)37-23-11-5-17-31(37)43-39(45)25-41(47-43)42-26-40-44(48-42)32-18-6-12-24-38(32)46(40)35-21-9-3-15-29(35)30-16-4-10-22-36(30)46/h1-26H. The minimum Gasteiger partial charge on any atom is -0.452 e. The Morgan fingerprint density at radius 3 is 0.833 bits per heavy atom. The van der Waals surface area contributed by atoms with Gasteiger partial charge in [-0.05, 0) is 67.8 Å². The normalized spacial score (nSPS) is 15.4. The first kappa shape index (κ1) is 25.0. The quantitative estimate of drug-likeness (QED) is 0.185. The van der Waals surface area contributed by atoms with Gasteiger partial charge in [-0.15, -0.1) is 0 Å². The zero-order valence-corrected chi connectivity index (χ0v) is 25.8. The molecule has 12 rings (SSSR count). The zero-order chi connectivity index (χ0) is 31.2. The Balaban J connectivity index is 1.13. The molecule has 2 aromatic heterocycles. The van der Waals surface area contributed by atoms with E-state index in [-0.39, 0.29) is 0 Å². The van der Waals surface area contributed by atoms with E-state index in [2.05, 4.69) is 158 Å². The third kappa shape index (κ3) is 2.61. The van der Waals surface area contributed by atoms with Crippen molar-refractivity contribution in [1.82, 2.24) is 0 Å². The Kier molecular flexibility index (Phi) is 4.39. The number of fused-ring (bicyclic) bond motifs is 20. The Labute approximate surface area is 277 Å². The molecule has 0 bridgehead atoms. The predicted molar refractivity (Wildman–Crippen MR) is 189 cm³/mol. The van der Waals surface area contributed by atoms with E-state index in [1.165, 1.54) is 66.8 Å². The van der Waals surface area contributed by atoms with Gasteiger partial charge in [0.2, 0.25) is 0 Å². The van der Waals surface area contributed by atoms with Gasteiger partial charge in [0.1, 0.15) is 11.5 Å². The number of hydrogen-bond acceptors (Lipinski definition) is 2. The fraction of sp³-hybridized carbons (Fsp3) is 0.0435. The molecule has 222 valence electrons. The fourth-order valence-corrected chi connectivity index (χ4v) is 9.92. The molecule has 48 heavy (non-hydrogen) atoms. The molecule has 0 aliphatic heterocycles. The largest absolute Gasteiger partial charge is 0.452 e. The van der Waals surface area contributed by atoms with Crippen molar-refractivity contribution in [3.05, 3.63) is 202 Å². The van der Waals surface area contributed by atoms with E-state index in [1.807, 2.05) is 0 Å². The lowest BCUT2D eigenvalue weighted by Gasteiger charge is -2.29. The molecule has 2 spiro atoms. The number of furan rings is 2. The maximum Gasteiger partial charge on any atom is 0.170 e. The molecule has 2 heteroatoms. The van der Waals surface area contributed by atoms with Gasteiger partial charge in [-0.3, -0.25) is 0 Å². The molecule has 0 saturated heterocycles. The van der Waals surface area contributed by atoms with E-state index in [0.29, 0.717) is 0 Å². The van der Waals surface area contributed by atoms with Crippen LogP contribution in [0.5, 0.6) is 0 Å². The molecule has 4 aliphatic carbocycles. The molecule has 0 saturated carbocycles. The highest BCUT2D eigenvalue weighted by atomic mass is 16.4. The second-order valence-corrected chi connectivity index (χ2v) is 13.5. The molecule has 0 amide bonds. The average Bonchev–Trinajstić information content (AvgIpc) is 3.97. The molecule has 2 heterocycles. The minimum atomic E-state index is -0.451. The van der Waals surface area contributed by atoms with Gasteiger partial charge in [-0.1, -0.05) is 146 Å². The van der Waals surface area contributed by atoms with E-state index in [9.17, 15) is 0 Å². The van der Waals surface area contributed by atoms with Gasteiger partial charge in [0, 0.05) is 22.3 Å². The van der Waals surface area contributed by atoms with Crippen molar-refractivity contribution in [2.75, 3.05) is 0 Å². The lowest BCUT2D eigenvalue weighted by atomic mass is 9.70. The van der Waals surface area contributed by atoms with E-state index < -0.39 is 10.8 Å². The molecule has 0 radical (unpaired) electrons. The van der Waals surface area contributed by atoms with Crippen LogP contribution in [0.4, 0.5) is 0 Å². The number of rotatable bonds is 1. The summed E-state index contributed by atoms with van der Waals surface area (Å²) in [4.78, 5) is 0. The highest BCUT2D eigenvalue weighted by Gasteiger charge is 2.55. The van der Waals surface area contributed by atoms with Crippen molar-refractivity contribution in [3.63, 3.8) is 0 Å². The second-order valence-electron chi connectivity index (χ2n) is 13.5. The summed E-state index contributed by atoms with van der Waals surface area (Å²) in [5.41, 5.74) is 16.7. The first-order valence-corrected chi connectivity index (χ1v) is 16.7. The molecule has 2 nitrogen and oxygen atoms in total. The highest BCUT2D eigenvalue weighted by molar-refractivity contribution is 5.96. The zero-order valence-electron chi connectivity index (χ0n) is 25.8. The molecule has 8 aromatic rings. The Hall–Kier alpha value is -6.12. The van der Waals surface area contributed by atoms with Crippen LogP contribution in [-0.4, -0.2) is 0 Å². The summed E-state index contributed by atoms with van der Waals surface area (Å²) in [5.74, 6) is 3.38. The average molecular weight is 611 g/mol. The number of benzene rings is 6. The fourth-order valence-electron chi connectivity index (χ4n) is 9.92. The molecule has 6 aromatic carbocycles. The number of hydrogen-bond donors (Lipinski definition) is 0. The monoisotopic (exact) mass is 610 g/mol. The minimum absolute atomic E-state index is 0.451. The van der Waals surface area contributed by atoms with Gasteiger partial charge >= 0.3 is 0 Å². The third-order valence-corrected chi connectivity index (χ3v) is 11.6. The van der Waals surface area contributed by atoms with Crippen LogP contribution in [0.25, 0.3) is 56.4 Å². The summed E-state index contributed by atoms with van der Waals surface area (Å²) in [6, 6.07) is 57.5. The van der Waals surface area contributed by atoms with Crippen LogP contribution in [0, 0.1) is 0 Å². The van der Waals surface area contributed by atoms with Crippen LogP contribution in [0.15, 0.2) is 167 Å². The van der Waals surface area contributed by atoms with Gasteiger partial charge in [0.05, 0.1) is 10.8 Å². The van der Waals surface area contributed by atoms with Gasteiger partial charge in [0.25, 0.3) is 0 Å². The Bertz CT molecular complexity index is 2420. The predicted octanol–water partition coefficient (Wildman–Crippen LogP) is 11.2. The van der Waals surface area contributed by atoms with E-state index in [0.717, 1.165) is 34.2 Å². The third-order valence-electron chi connectivity index (χ3n) is 11.6. The summed E-state index contributed by atoms with van der Waals surface area (Å²) < 4.78 is 14.0. The van der Waals surface area contributed by atoms with Crippen molar-refractivity contribution < 1.29 is 8.83 Å². The summed E-state index contributed by atoms with van der Waals surface area (Å²) >= 11 is 0. The van der Waals surface area contributed by atoms with Crippen LogP contribution in [0.1, 0.15) is 44.5 Å².